The Morgan fingerprint density at radius 3 is 1.29 bits per heavy atom. The highest BCUT2D eigenvalue weighted by molar-refractivity contribution is 7.20. The van der Waals surface area contributed by atoms with Crippen molar-refractivity contribution >= 4 is 72.4 Å². The number of para-hydroxylation sites is 2. The maximum absolute atomic E-state index is 3.04. The minimum absolute atomic E-state index is 1.13. The highest BCUT2D eigenvalue weighted by Crippen LogP contribution is 2.41. The molecule has 2 aromatic heterocycles. The molecule has 0 saturated carbocycles. The van der Waals surface area contributed by atoms with E-state index in [1.165, 1.54) is 97.7 Å². The summed E-state index contributed by atoms with van der Waals surface area (Å²) in [5, 5.41) is 10.4. The number of nitrogens with zero attached hydrogens (tertiary/aromatic N) is 2. The summed E-state index contributed by atoms with van der Waals surface area (Å²) < 4.78 is 5.01. The van der Waals surface area contributed by atoms with Crippen LogP contribution < -0.4 is 20.7 Å². The van der Waals surface area contributed by atoms with Gasteiger partial charge in [-0.25, -0.2) is 0 Å². The molecular formula is C66H46N2Si. The van der Waals surface area contributed by atoms with Crippen LogP contribution in [0.25, 0.3) is 88.4 Å². The second-order valence-electron chi connectivity index (χ2n) is 18.0. The topological polar surface area (TPSA) is 9.86 Å². The van der Waals surface area contributed by atoms with Crippen LogP contribution in [0.15, 0.2) is 279 Å². The third-order valence-electron chi connectivity index (χ3n) is 14.2. The number of benzene rings is 11. The zero-order chi connectivity index (χ0) is 45.7. The van der Waals surface area contributed by atoms with Gasteiger partial charge in [0.15, 0.2) is 8.07 Å². The van der Waals surface area contributed by atoms with E-state index in [2.05, 4.69) is 288 Å². The monoisotopic (exact) mass is 894 g/mol. The van der Waals surface area contributed by atoms with E-state index in [-0.39, 0.29) is 0 Å². The molecule has 0 fully saturated rings. The normalized spacial score (nSPS) is 11.8. The first kappa shape index (κ1) is 40.5. The molecule has 324 valence electrons. The second-order valence-corrected chi connectivity index (χ2v) is 21.8. The highest BCUT2D eigenvalue weighted by atomic mass is 28.3. The van der Waals surface area contributed by atoms with Gasteiger partial charge in [-0.1, -0.05) is 231 Å². The van der Waals surface area contributed by atoms with E-state index in [4.69, 9.17) is 0 Å². The lowest BCUT2D eigenvalue weighted by Crippen LogP contribution is -2.74. The van der Waals surface area contributed by atoms with Gasteiger partial charge in [0.25, 0.3) is 0 Å². The number of aromatic nitrogens is 2. The van der Waals surface area contributed by atoms with Crippen LogP contribution in [0.2, 0.25) is 0 Å². The number of rotatable bonds is 9. The quantitative estimate of drug-likeness (QED) is 0.101. The molecule has 3 heteroatoms. The Morgan fingerprint density at radius 2 is 0.652 bits per heavy atom. The Kier molecular flexibility index (Phi) is 9.88. The summed E-state index contributed by atoms with van der Waals surface area (Å²) in [6, 6.07) is 103. The molecule has 13 aromatic rings. The largest absolute Gasteiger partial charge is 0.309 e. The summed E-state index contributed by atoms with van der Waals surface area (Å²) in [4.78, 5) is 0. The third-order valence-corrected chi connectivity index (χ3v) is 19.0. The van der Waals surface area contributed by atoms with Gasteiger partial charge in [0.2, 0.25) is 0 Å². The molecule has 0 spiro atoms. The molecule has 0 aliphatic carbocycles. The molecule has 11 aromatic carbocycles. The molecule has 0 aliphatic rings. The summed E-state index contributed by atoms with van der Waals surface area (Å²) in [5.74, 6) is 0. The Bertz CT molecular complexity index is 3960. The van der Waals surface area contributed by atoms with Crippen LogP contribution in [0.5, 0.6) is 0 Å². The first-order chi connectivity index (χ1) is 34.3. The zero-order valence-electron chi connectivity index (χ0n) is 38.0. The van der Waals surface area contributed by atoms with Gasteiger partial charge in [0.1, 0.15) is 0 Å². The fourth-order valence-electron chi connectivity index (χ4n) is 11.3. The van der Waals surface area contributed by atoms with E-state index in [9.17, 15) is 0 Å². The smallest absolute Gasteiger partial charge is 0.180 e. The van der Waals surface area contributed by atoms with Crippen molar-refractivity contribution in [3.63, 3.8) is 0 Å². The van der Waals surface area contributed by atoms with Crippen molar-refractivity contribution in [1.82, 2.24) is 9.13 Å². The van der Waals surface area contributed by atoms with Crippen LogP contribution in [0.4, 0.5) is 0 Å². The summed E-state index contributed by atoms with van der Waals surface area (Å²) in [6.07, 6.45) is 0. The maximum Gasteiger partial charge on any atom is 0.180 e. The maximum atomic E-state index is 2.55. The van der Waals surface area contributed by atoms with Gasteiger partial charge in [0.05, 0.1) is 27.8 Å². The predicted octanol–water partition coefficient (Wildman–Crippen LogP) is 14.3. The summed E-state index contributed by atoms with van der Waals surface area (Å²) in [7, 11) is -3.04. The molecular weight excluding hydrogens is 849 g/mol. The molecule has 0 saturated heterocycles. The van der Waals surface area contributed by atoms with Crippen LogP contribution >= 0.6 is 0 Å². The van der Waals surface area contributed by atoms with E-state index in [1.54, 1.807) is 0 Å². The first-order valence-electron chi connectivity index (χ1n) is 23.8. The Balaban J connectivity index is 1.07. The Hall–Kier alpha value is -8.76. The standard InChI is InChI=1S/C66H46N2Si/c1-5-22-47(23-6-1)49-26-17-27-50(44-49)51-28-18-30-53(45-51)67-59-38-15-13-36-57(59)65-61(67)40-20-41-62(65)68-60-39-16-14-37-58(60)66-63(68)42-21-43-64(66)69(54-31-9-3-10-32-54,55-33-11-4-12-34-55)56-35-19-29-52(46-56)48-24-7-2-8-25-48/h1-46H. The van der Waals surface area contributed by atoms with Crippen LogP contribution in [0.3, 0.4) is 0 Å². The molecule has 0 amide bonds. The van der Waals surface area contributed by atoms with Crippen LogP contribution in [-0.2, 0) is 0 Å². The van der Waals surface area contributed by atoms with Gasteiger partial charge in [-0.05, 0) is 103 Å². The summed E-state index contributed by atoms with van der Waals surface area (Å²) in [6.45, 7) is 0. The molecule has 69 heavy (non-hydrogen) atoms. The number of fused-ring (bicyclic) bond motifs is 6. The molecule has 0 N–H and O–H groups in total. The number of hydrogen-bond acceptors (Lipinski definition) is 0. The SMILES string of the molecule is c1ccc(-c2cccc(-c3cccc(-n4c5ccccc5c5c(-n6c7ccccc7c7c([Si](c8ccccc8)(c8ccccc8)c8cccc(-c9ccccc9)c8)cccc76)cccc54)c3)c2)cc1. The van der Waals surface area contributed by atoms with Crippen molar-refractivity contribution in [3.05, 3.63) is 279 Å². The van der Waals surface area contributed by atoms with Gasteiger partial charge in [0, 0.05) is 27.2 Å². The van der Waals surface area contributed by atoms with Gasteiger partial charge in [-0.3, -0.25) is 0 Å². The lowest BCUT2D eigenvalue weighted by Gasteiger charge is -2.35. The number of hydrogen-bond donors (Lipinski definition) is 0. The fraction of sp³-hybridized carbons (Fsp3) is 0. The molecule has 0 radical (unpaired) electrons. The minimum atomic E-state index is -3.04. The molecule has 0 aliphatic heterocycles. The molecule has 2 heterocycles. The Labute approximate surface area is 403 Å². The summed E-state index contributed by atoms with van der Waals surface area (Å²) in [5.41, 5.74) is 14.3. The molecule has 0 bridgehead atoms. The summed E-state index contributed by atoms with van der Waals surface area (Å²) >= 11 is 0. The fourth-order valence-corrected chi connectivity index (χ4v) is 16.3. The average molecular weight is 895 g/mol. The van der Waals surface area contributed by atoms with Crippen molar-refractivity contribution in [1.29, 1.82) is 0 Å². The van der Waals surface area contributed by atoms with E-state index in [0.717, 1.165) is 11.4 Å². The van der Waals surface area contributed by atoms with E-state index < -0.39 is 8.07 Å². The first-order valence-corrected chi connectivity index (χ1v) is 25.8. The Morgan fingerprint density at radius 1 is 0.246 bits per heavy atom. The zero-order valence-corrected chi connectivity index (χ0v) is 39.0. The van der Waals surface area contributed by atoms with Crippen molar-refractivity contribution < 1.29 is 0 Å². The van der Waals surface area contributed by atoms with Gasteiger partial charge in [-0.2, -0.15) is 0 Å². The highest BCUT2D eigenvalue weighted by Gasteiger charge is 2.43. The lowest BCUT2D eigenvalue weighted by molar-refractivity contribution is 1.17. The second kappa shape index (κ2) is 16.8. The lowest BCUT2D eigenvalue weighted by atomic mass is 9.99. The van der Waals surface area contributed by atoms with E-state index >= 15 is 0 Å². The molecule has 0 unspecified atom stereocenters. The van der Waals surface area contributed by atoms with Gasteiger partial charge < -0.3 is 9.13 Å². The van der Waals surface area contributed by atoms with Gasteiger partial charge in [-0.15, -0.1) is 0 Å². The van der Waals surface area contributed by atoms with Crippen molar-refractivity contribution in [2.45, 2.75) is 0 Å². The molecule has 13 rings (SSSR count). The van der Waals surface area contributed by atoms with Gasteiger partial charge >= 0.3 is 0 Å². The average Bonchev–Trinajstić information content (AvgIpc) is 3.96. The van der Waals surface area contributed by atoms with Crippen molar-refractivity contribution in [3.8, 4) is 44.8 Å². The van der Waals surface area contributed by atoms with Crippen LogP contribution in [0, 0.1) is 0 Å². The van der Waals surface area contributed by atoms with E-state index in [1.807, 2.05) is 0 Å². The third kappa shape index (κ3) is 6.62. The van der Waals surface area contributed by atoms with Crippen LogP contribution in [-0.4, -0.2) is 17.2 Å². The van der Waals surface area contributed by atoms with Crippen LogP contribution in [0.1, 0.15) is 0 Å². The van der Waals surface area contributed by atoms with Crippen molar-refractivity contribution in [2.24, 2.45) is 0 Å². The predicted molar refractivity (Wildman–Crippen MR) is 295 cm³/mol. The molecule has 2 nitrogen and oxygen atoms in total. The minimum Gasteiger partial charge on any atom is -0.309 e. The van der Waals surface area contributed by atoms with E-state index in [0.29, 0.717) is 0 Å². The molecule has 0 atom stereocenters. The van der Waals surface area contributed by atoms with Crippen molar-refractivity contribution in [2.75, 3.05) is 0 Å².